The lowest BCUT2D eigenvalue weighted by atomic mass is 10.1. The zero-order chi connectivity index (χ0) is 27.6. The van der Waals surface area contributed by atoms with E-state index in [9.17, 15) is 13.2 Å². The molecule has 1 aliphatic heterocycles. The summed E-state index contributed by atoms with van der Waals surface area (Å²) in [6.07, 6.45) is 5.47. The van der Waals surface area contributed by atoms with E-state index >= 15 is 0 Å². The van der Waals surface area contributed by atoms with Gasteiger partial charge in [0, 0.05) is 40.8 Å². The molecule has 0 atom stereocenters. The average Bonchev–Trinajstić information content (AvgIpc) is 3.32. The molecule has 0 aliphatic carbocycles. The van der Waals surface area contributed by atoms with Crippen LogP contribution in [0.2, 0.25) is 0 Å². The number of fused-ring (bicyclic) bond motifs is 1. The standard InChI is InChI=1S/C28H33N7O3S/c1-28(2,3)39(37,38)34-23-5-4-6-24(17-23)35-16-13-20-18-30-27(33-25(20)35)32-21-9-7-19(8-10-21)26(36)31-22-11-14-29-15-12-22/h4-10,13,16-18,22,29,34H,11-12,14-15H2,1-3H3,(H,31,36)(H,30,32,33). The molecule has 3 heterocycles. The molecule has 2 aromatic heterocycles. The number of sulfonamides is 1. The van der Waals surface area contributed by atoms with Gasteiger partial charge in [-0.05, 0) is 95.2 Å². The summed E-state index contributed by atoms with van der Waals surface area (Å²) in [7, 11) is -3.56. The Morgan fingerprint density at radius 2 is 1.77 bits per heavy atom. The Morgan fingerprint density at radius 3 is 2.49 bits per heavy atom. The minimum atomic E-state index is -3.56. The lowest BCUT2D eigenvalue weighted by molar-refractivity contribution is 0.0929. The highest BCUT2D eigenvalue weighted by Crippen LogP contribution is 2.25. The monoisotopic (exact) mass is 547 g/mol. The van der Waals surface area contributed by atoms with Crippen molar-refractivity contribution in [2.45, 2.75) is 44.4 Å². The van der Waals surface area contributed by atoms with Crippen LogP contribution < -0.4 is 20.7 Å². The van der Waals surface area contributed by atoms with Crippen molar-refractivity contribution in [1.29, 1.82) is 0 Å². The van der Waals surface area contributed by atoms with E-state index in [4.69, 9.17) is 4.98 Å². The van der Waals surface area contributed by atoms with Gasteiger partial charge in [0.15, 0.2) is 0 Å². The number of nitrogens with one attached hydrogen (secondary N) is 4. The fourth-order valence-corrected chi connectivity index (χ4v) is 5.03. The average molecular weight is 548 g/mol. The first-order chi connectivity index (χ1) is 18.6. The van der Waals surface area contributed by atoms with E-state index in [0.29, 0.717) is 22.8 Å². The lowest BCUT2D eigenvalue weighted by Gasteiger charge is -2.23. The van der Waals surface area contributed by atoms with Gasteiger partial charge >= 0.3 is 0 Å². The molecule has 0 bridgehead atoms. The van der Waals surface area contributed by atoms with Crippen LogP contribution in [0.4, 0.5) is 17.3 Å². The summed E-state index contributed by atoms with van der Waals surface area (Å²) in [6, 6.07) is 16.5. The predicted molar refractivity (Wildman–Crippen MR) is 154 cm³/mol. The van der Waals surface area contributed by atoms with E-state index in [1.807, 2.05) is 35.0 Å². The fourth-order valence-electron chi connectivity index (χ4n) is 4.28. The molecule has 0 spiro atoms. The summed E-state index contributed by atoms with van der Waals surface area (Å²) in [5.41, 5.74) is 3.26. The second-order valence-corrected chi connectivity index (χ2v) is 13.1. The highest BCUT2D eigenvalue weighted by molar-refractivity contribution is 7.94. The van der Waals surface area contributed by atoms with E-state index in [-0.39, 0.29) is 11.9 Å². The summed E-state index contributed by atoms with van der Waals surface area (Å²) >= 11 is 0. The van der Waals surface area contributed by atoms with Crippen molar-refractivity contribution >= 4 is 44.3 Å². The highest BCUT2D eigenvalue weighted by atomic mass is 32.2. The third kappa shape index (κ3) is 6.04. The molecule has 204 valence electrons. The summed E-state index contributed by atoms with van der Waals surface area (Å²) in [5, 5.41) is 10.4. The number of hydrogen-bond donors (Lipinski definition) is 4. The summed E-state index contributed by atoms with van der Waals surface area (Å²) in [5.74, 6) is 0.329. The Balaban J connectivity index is 1.33. The van der Waals surface area contributed by atoms with Crippen molar-refractivity contribution in [3.63, 3.8) is 0 Å². The van der Waals surface area contributed by atoms with Crippen LogP contribution in [0.3, 0.4) is 0 Å². The van der Waals surface area contributed by atoms with Gasteiger partial charge in [-0.15, -0.1) is 0 Å². The largest absolute Gasteiger partial charge is 0.349 e. The van der Waals surface area contributed by atoms with Crippen molar-refractivity contribution < 1.29 is 13.2 Å². The highest BCUT2D eigenvalue weighted by Gasteiger charge is 2.29. The molecule has 1 saturated heterocycles. The van der Waals surface area contributed by atoms with Crippen LogP contribution in [0, 0.1) is 0 Å². The van der Waals surface area contributed by atoms with Crippen molar-refractivity contribution in [2.24, 2.45) is 0 Å². The molecule has 1 fully saturated rings. The Kier molecular flexibility index (Phi) is 7.28. The molecule has 39 heavy (non-hydrogen) atoms. The maximum atomic E-state index is 12.6. The van der Waals surface area contributed by atoms with Gasteiger partial charge in [0.2, 0.25) is 16.0 Å². The van der Waals surface area contributed by atoms with Gasteiger partial charge in [-0.3, -0.25) is 9.52 Å². The van der Waals surface area contributed by atoms with Crippen LogP contribution in [0.15, 0.2) is 67.0 Å². The minimum Gasteiger partial charge on any atom is -0.349 e. The maximum absolute atomic E-state index is 12.6. The van der Waals surface area contributed by atoms with Gasteiger partial charge < -0.3 is 20.5 Å². The number of benzene rings is 2. The molecule has 4 N–H and O–H groups in total. The third-order valence-electron chi connectivity index (χ3n) is 6.69. The van der Waals surface area contributed by atoms with Crippen LogP contribution in [-0.4, -0.2) is 52.7 Å². The molecule has 4 aromatic rings. The molecule has 0 radical (unpaired) electrons. The maximum Gasteiger partial charge on any atom is 0.251 e. The molecule has 11 heteroatoms. The number of aromatic nitrogens is 3. The molecular formula is C28H33N7O3S. The van der Waals surface area contributed by atoms with Gasteiger partial charge in [0.1, 0.15) is 5.65 Å². The number of anilines is 3. The summed E-state index contributed by atoms with van der Waals surface area (Å²) in [6.45, 7) is 6.80. The Bertz CT molecular complexity index is 1590. The van der Waals surface area contributed by atoms with Crippen LogP contribution >= 0.6 is 0 Å². The first-order valence-corrected chi connectivity index (χ1v) is 14.4. The number of amides is 1. The number of hydrogen-bond acceptors (Lipinski definition) is 7. The number of carbonyl (C=O) groups is 1. The van der Waals surface area contributed by atoms with E-state index in [1.165, 1.54) is 0 Å². The van der Waals surface area contributed by atoms with Gasteiger partial charge in [-0.2, -0.15) is 4.98 Å². The first-order valence-electron chi connectivity index (χ1n) is 12.9. The predicted octanol–water partition coefficient (Wildman–Crippen LogP) is 4.19. The molecule has 5 rings (SSSR count). The molecule has 1 amide bonds. The van der Waals surface area contributed by atoms with E-state index in [0.717, 1.165) is 42.7 Å². The van der Waals surface area contributed by atoms with Crippen molar-refractivity contribution in [1.82, 2.24) is 25.2 Å². The van der Waals surface area contributed by atoms with Crippen molar-refractivity contribution in [3.05, 3.63) is 72.6 Å². The molecular weight excluding hydrogens is 514 g/mol. The number of rotatable bonds is 7. The zero-order valence-electron chi connectivity index (χ0n) is 22.2. The molecule has 0 saturated carbocycles. The normalized spacial score (nSPS) is 14.7. The van der Waals surface area contributed by atoms with E-state index < -0.39 is 14.8 Å². The smallest absolute Gasteiger partial charge is 0.251 e. The summed E-state index contributed by atoms with van der Waals surface area (Å²) in [4.78, 5) is 21.7. The van der Waals surface area contributed by atoms with Crippen molar-refractivity contribution in [3.8, 4) is 5.69 Å². The number of carbonyl (C=O) groups excluding carboxylic acids is 1. The van der Waals surface area contributed by atoms with Crippen molar-refractivity contribution in [2.75, 3.05) is 23.1 Å². The Hall–Kier alpha value is -3.96. The Morgan fingerprint density at radius 1 is 1.03 bits per heavy atom. The SMILES string of the molecule is CC(C)(C)S(=O)(=O)Nc1cccc(-n2ccc3cnc(Nc4ccc(C(=O)NC5CCNCC5)cc4)nc32)c1. The summed E-state index contributed by atoms with van der Waals surface area (Å²) < 4.78 is 28.9. The van der Waals surface area contributed by atoms with Gasteiger partial charge in [0.05, 0.1) is 10.4 Å². The van der Waals surface area contributed by atoms with E-state index in [1.54, 1.807) is 57.3 Å². The molecule has 2 aromatic carbocycles. The lowest BCUT2D eigenvalue weighted by Crippen LogP contribution is -2.42. The Labute approximate surface area is 228 Å². The number of nitrogens with zero attached hydrogens (tertiary/aromatic N) is 3. The minimum absolute atomic E-state index is 0.0732. The fraction of sp³-hybridized carbons (Fsp3) is 0.321. The molecule has 1 aliphatic rings. The van der Waals surface area contributed by atoms with Gasteiger partial charge in [0.25, 0.3) is 5.91 Å². The van der Waals surface area contributed by atoms with Gasteiger partial charge in [-0.25, -0.2) is 13.4 Å². The van der Waals surface area contributed by atoms with Gasteiger partial charge in [-0.1, -0.05) is 6.07 Å². The van der Waals surface area contributed by atoms with Crippen LogP contribution in [0.25, 0.3) is 16.7 Å². The van der Waals surface area contributed by atoms with E-state index in [2.05, 4.69) is 25.7 Å². The van der Waals surface area contributed by atoms with Crippen LogP contribution in [0.5, 0.6) is 0 Å². The zero-order valence-corrected chi connectivity index (χ0v) is 23.0. The van der Waals surface area contributed by atoms with Crippen LogP contribution in [-0.2, 0) is 10.0 Å². The molecule has 0 unspecified atom stereocenters. The second-order valence-electron chi connectivity index (χ2n) is 10.6. The third-order valence-corrected chi connectivity index (χ3v) is 8.80. The second kappa shape index (κ2) is 10.7. The first kappa shape index (κ1) is 26.6. The van der Waals surface area contributed by atoms with Crippen LogP contribution in [0.1, 0.15) is 44.0 Å². The quantitative estimate of drug-likeness (QED) is 0.273. The molecule has 10 nitrogen and oxygen atoms in total. The number of piperidine rings is 1. The topological polar surface area (TPSA) is 130 Å².